The summed E-state index contributed by atoms with van der Waals surface area (Å²) >= 11 is 0. The lowest BCUT2D eigenvalue weighted by Gasteiger charge is -2.35. The van der Waals surface area contributed by atoms with Crippen LogP contribution in [-0.2, 0) is 0 Å². The molecule has 1 fully saturated rings. The SMILES string of the molecule is Cc1n[nH]c(=O)nc1N1C[C@H](C)C[C@H](C)C1. The molecular formula is C11H18N4O. The third-order valence-electron chi connectivity index (χ3n) is 3.02. The number of H-pyrrole nitrogens is 1. The summed E-state index contributed by atoms with van der Waals surface area (Å²) in [5.41, 5.74) is 0.423. The Morgan fingerprint density at radius 1 is 1.31 bits per heavy atom. The number of hydrogen-bond acceptors (Lipinski definition) is 4. The molecule has 5 heteroatoms. The monoisotopic (exact) mass is 222 g/mol. The molecule has 0 unspecified atom stereocenters. The molecule has 1 aliphatic rings. The molecule has 0 bridgehead atoms. The van der Waals surface area contributed by atoms with E-state index in [9.17, 15) is 4.79 Å². The summed E-state index contributed by atoms with van der Waals surface area (Å²) in [6.45, 7) is 8.27. The first-order chi connectivity index (χ1) is 7.56. The smallest absolute Gasteiger partial charge is 0.354 e. The van der Waals surface area contributed by atoms with Gasteiger partial charge >= 0.3 is 5.69 Å². The number of aryl methyl sites for hydroxylation is 1. The third kappa shape index (κ3) is 2.23. The van der Waals surface area contributed by atoms with Gasteiger partial charge in [0, 0.05) is 13.1 Å². The van der Waals surface area contributed by atoms with Crippen LogP contribution in [0.4, 0.5) is 5.82 Å². The van der Waals surface area contributed by atoms with Crippen molar-refractivity contribution in [2.24, 2.45) is 11.8 Å². The normalized spacial score (nSPS) is 25.8. The predicted octanol–water partition coefficient (Wildman–Crippen LogP) is 0.956. The van der Waals surface area contributed by atoms with Crippen LogP contribution < -0.4 is 10.6 Å². The highest BCUT2D eigenvalue weighted by Crippen LogP contribution is 2.25. The first-order valence-corrected chi connectivity index (χ1v) is 5.74. The van der Waals surface area contributed by atoms with Crippen LogP contribution in [0.15, 0.2) is 4.79 Å². The second-order valence-corrected chi connectivity index (χ2v) is 4.90. The highest BCUT2D eigenvalue weighted by atomic mass is 16.1. The average Bonchev–Trinajstić information content (AvgIpc) is 2.20. The van der Waals surface area contributed by atoms with Gasteiger partial charge in [-0.25, -0.2) is 9.89 Å². The van der Waals surface area contributed by atoms with Gasteiger partial charge in [0.1, 0.15) is 5.69 Å². The Morgan fingerprint density at radius 3 is 2.56 bits per heavy atom. The summed E-state index contributed by atoms with van der Waals surface area (Å²) in [4.78, 5) is 17.4. The molecule has 1 aliphatic heterocycles. The molecule has 0 radical (unpaired) electrons. The maximum atomic E-state index is 11.2. The van der Waals surface area contributed by atoms with Gasteiger partial charge in [-0.1, -0.05) is 13.8 Å². The van der Waals surface area contributed by atoms with E-state index in [1.165, 1.54) is 6.42 Å². The second-order valence-electron chi connectivity index (χ2n) is 4.90. The van der Waals surface area contributed by atoms with E-state index < -0.39 is 0 Å². The molecule has 5 nitrogen and oxygen atoms in total. The largest absolute Gasteiger partial charge is 0.363 e. The zero-order valence-electron chi connectivity index (χ0n) is 10.0. The summed E-state index contributed by atoms with van der Waals surface area (Å²) in [7, 11) is 0. The number of piperidine rings is 1. The number of aromatic nitrogens is 3. The number of aromatic amines is 1. The van der Waals surface area contributed by atoms with Crippen LogP contribution in [0.3, 0.4) is 0 Å². The van der Waals surface area contributed by atoms with E-state index >= 15 is 0 Å². The standard InChI is InChI=1S/C11H18N4O/c1-7-4-8(2)6-15(5-7)10-9(3)13-14-11(16)12-10/h7-8H,4-6H2,1-3H3,(H,12,14,16)/t7-,8+. The van der Waals surface area contributed by atoms with Gasteiger partial charge in [0.15, 0.2) is 5.82 Å². The molecule has 0 aliphatic carbocycles. The zero-order chi connectivity index (χ0) is 11.7. The van der Waals surface area contributed by atoms with Crippen LogP contribution in [0.1, 0.15) is 26.0 Å². The summed E-state index contributed by atoms with van der Waals surface area (Å²) < 4.78 is 0. The van der Waals surface area contributed by atoms with E-state index in [4.69, 9.17) is 0 Å². The Balaban J connectivity index is 2.29. The molecule has 88 valence electrons. The molecule has 1 N–H and O–H groups in total. The quantitative estimate of drug-likeness (QED) is 0.768. The fourth-order valence-corrected chi connectivity index (χ4v) is 2.52. The fraction of sp³-hybridized carbons (Fsp3) is 0.727. The van der Waals surface area contributed by atoms with Crippen molar-refractivity contribution in [1.29, 1.82) is 0 Å². The second kappa shape index (κ2) is 4.23. The molecular weight excluding hydrogens is 204 g/mol. The van der Waals surface area contributed by atoms with Crippen LogP contribution >= 0.6 is 0 Å². The predicted molar refractivity (Wildman–Crippen MR) is 62.5 cm³/mol. The Labute approximate surface area is 94.9 Å². The number of anilines is 1. The number of hydrogen-bond donors (Lipinski definition) is 1. The molecule has 2 heterocycles. The molecule has 0 saturated carbocycles. The van der Waals surface area contributed by atoms with Crippen LogP contribution in [-0.4, -0.2) is 28.3 Å². The van der Waals surface area contributed by atoms with Crippen molar-refractivity contribution in [3.63, 3.8) is 0 Å². The van der Waals surface area contributed by atoms with Crippen LogP contribution in [0.25, 0.3) is 0 Å². The van der Waals surface area contributed by atoms with E-state index in [1.54, 1.807) is 0 Å². The van der Waals surface area contributed by atoms with E-state index in [0.29, 0.717) is 11.8 Å². The molecule has 0 spiro atoms. The minimum absolute atomic E-state index is 0.369. The summed E-state index contributed by atoms with van der Waals surface area (Å²) in [5, 5.41) is 6.32. The van der Waals surface area contributed by atoms with Gasteiger partial charge in [0.05, 0.1) is 0 Å². The molecule has 16 heavy (non-hydrogen) atoms. The zero-order valence-corrected chi connectivity index (χ0v) is 10.0. The Hall–Kier alpha value is -1.39. The van der Waals surface area contributed by atoms with Crippen LogP contribution in [0, 0.1) is 18.8 Å². The topological polar surface area (TPSA) is 61.9 Å². The Bertz CT molecular complexity index is 418. The average molecular weight is 222 g/mol. The maximum Gasteiger partial charge on any atom is 0.363 e. The third-order valence-corrected chi connectivity index (χ3v) is 3.02. The number of nitrogens with zero attached hydrogens (tertiary/aromatic N) is 3. The van der Waals surface area contributed by atoms with Crippen molar-refractivity contribution in [3.05, 3.63) is 16.2 Å². The first-order valence-electron chi connectivity index (χ1n) is 5.74. The van der Waals surface area contributed by atoms with E-state index in [1.807, 2.05) is 6.92 Å². The Kier molecular flexibility index (Phi) is 2.94. The van der Waals surface area contributed by atoms with Gasteiger partial charge in [0.25, 0.3) is 0 Å². The molecule has 0 amide bonds. The first kappa shape index (κ1) is 11.1. The van der Waals surface area contributed by atoms with Crippen molar-refractivity contribution in [1.82, 2.24) is 15.2 Å². The van der Waals surface area contributed by atoms with Gasteiger partial charge in [-0.05, 0) is 25.2 Å². The lowest BCUT2D eigenvalue weighted by molar-refractivity contribution is 0.354. The molecule has 1 aromatic rings. The highest BCUT2D eigenvalue weighted by molar-refractivity contribution is 5.42. The van der Waals surface area contributed by atoms with Gasteiger partial charge in [-0.2, -0.15) is 10.1 Å². The van der Waals surface area contributed by atoms with Crippen LogP contribution in [0.5, 0.6) is 0 Å². The summed E-state index contributed by atoms with van der Waals surface area (Å²) in [5.74, 6) is 2.02. The van der Waals surface area contributed by atoms with Crippen LogP contribution in [0.2, 0.25) is 0 Å². The summed E-state index contributed by atoms with van der Waals surface area (Å²) in [6.07, 6.45) is 1.24. The fourth-order valence-electron chi connectivity index (χ4n) is 2.52. The Morgan fingerprint density at radius 2 is 1.94 bits per heavy atom. The van der Waals surface area contributed by atoms with Gasteiger partial charge in [0.2, 0.25) is 0 Å². The minimum atomic E-state index is -0.369. The number of rotatable bonds is 1. The van der Waals surface area contributed by atoms with Gasteiger partial charge < -0.3 is 4.90 Å². The molecule has 2 atom stereocenters. The molecule has 1 saturated heterocycles. The van der Waals surface area contributed by atoms with Gasteiger partial charge in [-0.3, -0.25) is 0 Å². The molecule has 1 aromatic heterocycles. The van der Waals surface area contributed by atoms with Crippen molar-refractivity contribution >= 4 is 5.82 Å². The molecule has 0 aromatic carbocycles. The van der Waals surface area contributed by atoms with Crippen molar-refractivity contribution in [2.75, 3.05) is 18.0 Å². The van der Waals surface area contributed by atoms with E-state index in [2.05, 4.69) is 33.9 Å². The van der Waals surface area contributed by atoms with Crippen molar-refractivity contribution < 1.29 is 0 Å². The highest BCUT2D eigenvalue weighted by Gasteiger charge is 2.24. The summed E-state index contributed by atoms with van der Waals surface area (Å²) in [6, 6.07) is 0. The minimum Gasteiger partial charge on any atom is -0.354 e. The van der Waals surface area contributed by atoms with E-state index in [0.717, 1.165) is 24.6 Å². The van der Waals surface area contributed by atoms with Crippen molar-refractivity contribution in [2.45, 2.75) is 27.2 Å². The number of nitrogens with one attached hydrogen (secondary N) is 1. The van der Waals surface area contributed by atoms with E-state index in [-0.39, 0.29) is 5.69 Å². The maximum absolute atomic E-state index is 11.2. The molecule has 2 rings (SSSR count). The van der Waals surface area contributed by atoms with Crippen molar-refractivity contribution in [3.8, 4) is 0 Å². The lowest BCUT2D eigenvalue weighted by Crippen LogP contribution is -2.40. The van der Waals surface area contributed by atoms with Gasteiger partial charge in [-0.15, -0.1) is 0 Å². The lowest BCUT2D eigenvalue weighted by atomic mass is 9.92.